The molecule has 3 heterocycles. The number of nitrogens with one attached hydrogen (secondary N) is 1. The Bertz CT molecular complexity index is 639. The first kappa shape index (κ1) is 18.1. The molecule has 2 fully saturated rings. The summed E-state index contributed by atoms with van der Waals surface area (Å²) in [6, 6.07) is 0.505. The molecule has 2 aliphatic rings. The monoisotopic (exact) mass is 347 g/mol. The number of H-pyrrole nitrogens is 1. The van der Waals surface area contributed by atoms with Gasteiger partial charge in [-0.1, -0.05) is 13.3 Å². The second kappa shape index (κ2) is 7.70. The minimum absolute atomic E-state index is 0.0290. The average molecular weight is 347 g/mol. The van der Waals surface area contributed by atoms with Crippen molar-refractivity contribution in [2.75, 3.05) is 39.4 Å². The molecule has 1 aromatic rings. The molecule has 0 aliphatic carbocycles. The third-order valence-electron chi connectivity index (χ3n) is 5.38. The summed E-state index contributed by atoms with van der Waals surface area (Å²) in [6.07, 6.45) is 2.75. The molecule has 0 bridgehead atoms. The SMILES string of the molecule is CCCc1c(C(=O)N2CCN([C@H]3CCOC3)CC2)[nH]c(C)c1C(C)=O. The highest BCUT2D eigenvalue weighted by Gasteiger charge is 2.31. The largest absolute Gasteiger partial charge is 0.380 e. The lowest BCUT2D eigenvalue weighted by Gasteiger charge is -2.37. The molecule has 2 aliphatic heterocycles. The molecule has 1 N–H and O–H groups in total. The number of piperazine rings is 1. The molecule has 3 rings (SSSR count). The first-order valence-corrected chi connectivity index (χ1v) is 9.36. The number of hydrogen-bond acceptors (Lipinski definition) is 4. The van der Waals surface area contributed by atoms with Crippen LogP contribution in [0.5, 0.6) is 0 Å². The van der Waals surface area contributed by atoms with Gasteiger partial charge in [0.2, 0.25) is 0 Å². The van der Waals surface area contributed by atoms with Gasteiger partial charge in [0.25, 0.3) is 5.91 Å². The van der Waals surface area contributed by atoms with Gasteiger partial charge in [-0.2, -0.15) is 0 Å². The third-order valence-corrected chi connectivity index (χ3v) is 5.38. The smallest absolute Gasteiger partial charge is 0.270 e. The summed E-state index contributed by atoms with van der Waals surface area (Å²) in [4.78, 5) is 32.6. The van der Waals surface area contributed by atoms with Gasteiger partial charge < -0.3 is 14.6 Å². The molecule has 0 radical (unpaired) electrons. The van der Waals surface area contributed by atoms with Crippen LogP contribution in [0.1, 0.15) is 58.8 Å². The molecule has 138 valence electrons. The summed E-state index contributed by atoms with van der Waals surface area (Å²) in [5.41, 5.74) is 3.01. The number of hydrogen-bond donors (Lipinski definition) is 1. The second-order valence-corrected chi connectivity index (χ2v) is 7.13. The highest BCUT2D eigenvalue weighted by molar-refractivity contribution is 6.02. The zero-order chi connectivity index (χ0) is 18.0. The first-order valence-electron chi connectivity index (χ1n) is 9.36. The normalized spacial score (nSPS) is 21.7. The number of ether oxygens (including phenoxy) is 1. The van der Waals surface area contributed by atoms with Crippen LogP contribution in [0, 0.1) is 6.92 Å². The molecule has 25 heavy (non-hydrogen) atoms. The predicted octanol–water partition coefficient (Wildman–Crippen LogP) is 2.02. The summed E-state index contributed by atoms with van der Waals surface area (Å²) >= 11 is 0. The quantitative estimate of drug-likeness (QED) is 0.828. The molecule has 1 amide bonds. The van der Waals surface area contributed by atoms with Crippen LogP contribution in [0.25, 0.3) is 0 Å². The number of aromatic amines is 1. The van der Waals surface area contributed by atoms with Crippen molar-refractivity contribution in [1.82, 2.24) is 14.8 Å². The molecule has 0 saturated carbocycles. The van der Waals surface area contributed by atoms with Gasteiger partial charge in [0, 0.05) is 50.1 Å². The minimum atomic E-state index is 0.0290. The Morgan fingerprint density at radius 2 is 1.96 bits per heavy atom. The lowest BCUT2D eigenvalue weighted by atomic mass is 10.0. The first-order chi connectivity index (χ1) is 12.0. The zero-order valence-electron chi connectivity index (χ0n) is 15.6. The Labute approximate surface area is 149 Å². The van der Waals surface area contributed by atoms with Gasteiger partial charge in [0.05, 0.1) is 6.61 Å². The van der Waals surface area contributed by atoms with Crippen LogP contribution in [-0.4, -0.2) is 71.9 Å². The summed E-state index contributed by atoms with van der Waals surface area (Å²) in [5.74, 6) is 0.0590. The Balaban J connectivity index is 1.73. The molecule has 6 nitrogen and oxygen atoms in total. The van der Waals surface area contributed by atoms with Gasteiger partial charge in [-0.15, -0.1) is 0 Å². The highest BCUT2D eigenvalue weighted by Crippen LogP contribution is 2.24. The summed E-state index contributed by atoms with van der Waals surface area (Å²) in [5, 5.41) is 0. The van der Waals surface area contributed by atoms with Crippen molar-refractivity contribution in [1.29, 1.82) is 0 Å². The fourth-order valence-corrected chi connectivity index (χ4v) is 4.09. The number of amides is 1. The standard InChI is InChI=1S/C19H29N3O3/c1-4-5-16-17(14(3)23)13(2)20-18(16)19(24)22-9-7-21(8-10-22)15-6-11-25-12-15/h15,20H,4-12H2,1-3H3/t15-/m0/s1. The molecule has 2 saturated heterocycles. The third kappa shape index (κ3) is 3.65. The lowest BCUT2D eigenvalue weighted by molar-refractivity contribution is 0.0543. The van der Waals surface area contributed by atoms with Crippen LogP contribution >= 0.6 is 0 Å². The van der Waals surface area contributed by atoms with Gasteiger partial charge >= 0.3 is 0 Å². The van der Waals surface area contributed by atoms with Gasteiger partial charge in [0.15, 0.2) is 5.78 Å². The maximum Gasteiger partial charge on any atom is 0.270 e. The Morgan fingerprint density at radius 3 is 2.52 bits per heavy atom. The summed E-state index contributed by atoms with van der Waals surface area (Å²) in [7, 11) is 0. The van der Waals surface area contributed by atoms with Crippen LogP contribution in [0.3, 0.4) is 0 Å². The van der Waals surface area contributed by atoms with E-state index >= 15 is 0 Å². The maximum atomic E-state index is 13.1. The molecular weight excluding hydrogens is 318 g/mol. The Hall–Kier alpha value is -1.66. The van der Waals surface area contributed by atoms with Crippen LogP contribution in [0.4, 0.5) is 0 Å². The van der Waals surface area contributed by atoms with Crippen LogP contribution in [0.2, 0.25) is 0 Å². The van der Waals surface area contributed by atoms with Crippen LogP contribution < -0.4 is 0 Å². The zero-order valence-corrected chi connectivity index (χ0v) is 15.6. The number of nitrogens with zero attached hydrogens (tertiary/aromatic N) is 2. The Morgan fingerprint density at radius 1 is 1.24 bits per heavy atom. The van der Waals surface area contributed by atoms with E-state index in [1.54, 1.807) is 6.92 Å². The fraction of sp³-hybridized carbons (Fsp3) is 0.684. The summed E-state index contributed by atoms with van der Waals surface area (Å²) < 4.78 is 5.48. The molecule has 0 aromatic carbocycles. The Kier molecular flexibility index (Phi) is 5.59. The van der Waals surface area contributed by atoms with Crippen molar-refractivity contribution in [3.8, 4) is 0 Å². The van der Waals surface area contributed by atoms with Gasteiger partial charge in [-0.3, -0.25) is 14.5 Å². The summed E-state index contributed by atoms with van der Waals surface area (Å²) in [6.45, 7) is 10.4. The van der Waals surface area contributed by atoms with Crippen LogP contribution in [0.15, 0.2) is 0 Å². The van der Waals surface area contributed by atoms with E-state index in [1.165, 1.54) is 0 Å². The van der Waals surface area contributed by atoms with Crippen molar-refractivity contribution in [2.24, 2.45) is 0 Å². The lowest BCUT2D eigenvalue weighted by Crippen LogP contribution is -2.52. The number of carbonyl (C=O) groups excluding carboxylic acids is 2. The minimum Gasteiger partial charge on any atom is -0.380 e. The maximum absolute atomic E-state index is 13.1. The van der Waals surface area contributed by atoms with Crippen LogP contribution in [-0.2, 0) is 11.2 Å². The van der Waals surface area contributed by atoms with E-state index in [1.807, 2.05) is 11.8 Å². The van der Waals surface area contributed by atoms with E-state index in [-0.39, 0.29) is 11.7 Å². The number of ketones is 1. The van der Waals surface area contributed by atoms with E-state index < -0.39 is 0 Å². The number of aromatic nitrogens is 1. The van der Waals surface area contributed by atoms with E-state index in [2.05, 4.69) is 16.8 Å². The van der Waals surface area contributed by atoms with E-state index in [9.17, 15) is 9.59 Å². The second-order valence-electron chi connectivity index (χ2n) is 7.13. The van der Waals surface area contributed by atoms with Crippen molar-refractivity contribution >= 4 is 11.7 Å². The fourth-order valence-electron chi connectivity index (χ4n) is 4.09. The van der Waals surface area contributed by atoms with E-state index in [0.717, 1.165) is 69.9 Å². The van der Waals surface area contributed by atoms with Crippen molar-refractivity contribution in [2.45, 2.75) is 46.1 Å². The van der Waals surface area contributed by atoms with E-state index in [4.69, 9.17) is 4.74 Å². The highest BCUT2D eigenvalue weighted by atomic mass is 16.5. The average Bonchev–Trinajstić information content (AvgIpc) is 3.23. The molecule has 1 atom stereocenters. The molecule has 0 spiro atoms. The van der Waals surface area contributed by atoms with Gasteiger partial charge in [0.1, 0.15) is 5.69 Å². The van der Waals surface area contributed by atoms with Gasteiger partial charge in [-0.25, -0.2) is 0 Å². The number of Topliss-reactive ketones (excluding diaryl/α,β-unsaturated/α-hetero) is 1. The van der Waals surface area contributed by atoms with E-state index in [0.29, 0.717) is 17.3 Å². The topological polar surface area (TPSA) is 65.6 Å². The number of aryl methyl sites for hydroxylation is 1. The van der Waals surface area contributed by atoms with Crippen molar-refractivity contribution in [3.63, 3.8) is 0 Å². The molecule has 1 aromatic heterocycles. The molecular formula is C19H29N3O3. The van der Waals surface area contributed by atoms with Gasteiger partial charge in [-0.05, 0) is 32.3 Å². The number of carbonyl (C=O) groups is 2. The number of rotatable bonds is 5. The molecule has 6 heteroatoms. The van der Waals surface area contributed by atoms with Crippen molar-refractivity contribution < 1.29 is 14.3 Å². The molecule has 0 unspecified atom stereocenters. The van der Waals surface area contributed by atoms with Crippen molar-refractivity contribution in [3.05, 3.63) is 22.5 Å². The predicted molar refractivity (Wildman–Crippen MR) is 96.2 cm³/mol.